The van der Waals surface area contributed by atoms with Gasteiger partial charge in [-0.25, -0.2) is 9.37 Å². The Morgan fingerprint density at radius 2 is 2.03 bits per heavy atom. The summed E-state index contributed by atoms with van der Waals surface area (Å²) in [6.45, 7) is 3.27. The number of nitrogens with zero attached hydrogens (tertiary/aromatic N) is 3. The summed E-state index contributed by atoms with van der Waals surface area (Å²) >= 11 is 1.96. The summed E-state index contributed by atoms with van der Waals surface area (Å²) < 4.78 is 21.8. The van der Waals surface area contributed by atoms with Crippen LogP contribution in [-0.4, -0.2) is 40.8 Å². The highest BCUT2D eigenvalue weighted by atomic mass is 127. The van der Waals surface area contributed by atoms with Crippen LogP contribution in [0.4, 0.5) is 10.1 Å². The molecule has 1 aromatic carbocycles. The molecule has 0 radical (unpaired) electrons. The van der Waals surface area contributed by atoms with Crippen molar-refractivity contribution in [3.05, 3.63) is 80.3 Å². The van der Waals surface area contributed by atoms with Crippen molar-refractivity contribution in [1.82, 2.24) is 14.5 Å². The van der Waals surface area contributed by atoms with Crippen LogP contribution in [0.3, 0.4) is 0 Å². The van der Waals surface area contributed by atoms with Gasteiger partial charge in [0.25, 0.3) is 5.56 Å². The number of hydrogen-bond donors (Lipinski definition) is 1. The third kappa shape index (κ3) is 3.97. The number of aromatic nitrogens is 3. The first kappa shape index (κ1) is 20.2. The average molecular weight is 530 g/mol. The summed E-state index contributed by atoms with van der Waals surface area (Å²) in [5.74, 6) is -0.280. The normalized spacial score (nSPS) is 14.3. The van der Waals surface area contributed by atoms with E-state index >= 15 is 0 Å². The van der Waals surface area contributed by atoms with Crippen LogP contribution in [0.2, 0.25) is 0 Å². The van der Waals surface area contributed by atoms with Gasteiger partial charge in [0.1, 0.15) is 11.5 Å². The summed E-state index contributed by atoms with van der Waals surface area (Å²) in [4.78, 5) is 22.8. The van der Waals surface area contributed by atoms with Crippen molar-refractivity contribution in [1.29, 1.82) is 0 Å². The highest BCUT2D eigenvalue weighted by molar-refractivity contribution is 14.1. The second kappa shape index (κ2) is 8.43. The molecule has 0 atom stereocenters. The van der Waals surface area contributed by atoms with Crippen LogP contribution in [0.15, 0.2) is 59.8 Å². The predicted molar refractivity (Wildman–Crippen MR) is 127 cm³/mol. The topological polar surface area (TPSA) is 63.1 Å². The van der Waals surface area contributed by atoms with E-state index in [1.807, 2.05) is 41.1 Å². The van der Waals surface area contributed by atoms with Crippen LogP contribution in [0.1, 0.15) is 5.56 Å². The lowest BCUT2D eigenvalue weighted by atomic mass is 10.1. The van der Waals surface area contributed by atoms with Crippen LogP contribution < -0.4 is 10.5 Å². The number of anilines is 1. The average Bonchev–Trinajstić information content (AvgIpc) is 3.22. The molecular formula is C23H20FIN4O2. The van der Waals surface area contributed by atoms with Crippen molar-refractivity contribution >= 4 is 39.3 Å². The molecular weight excluding hydrogens is 510 g/mol. The summed E-state index contributed by atoms with van der Waals surface area (Å²) in [6, 6.07) is 10.8. The lowest BCUT2D eigenvalue weighted by Gasteiger charge is -2.28. The molecule has 0 saturated carbocycles. The zero-order valence-electron chi connectivity index (χ0n) is 16.6. The van der Waals surface area contributed by atoms with E-state index in [1.165, 1.54) is 4.57 Å². The number of H-pyrrole nitrogens is 1. The minimum atomic E-state index is -0.280. The van der Waals surface area contributed by atoms with Crippen molar-refractivity contribution in [2.45, 2.75) is 6.54 Å². The maximum atomic E-state index is 14.3. The molecule has 3 aromatic heterocycles. The van der Waals surface area contributed by atoms with Crippen LogP contribution in [0.25, 0.3) is 22.2 Å². The number of pyridine rings is 2. The number of halogens is 2. The zero-order chi connectivity index (χ0) is 21.4. The molecule has 0 bridgehead atoms. The van der Waals surface area contributed by atoms with E-state index in [4.69, 9.17) is 4.74 Å². The van der Waals surface area contributed by atoms with Gasteiger partial charge in [0.05, 0.1) is 31.6 Å². The van der Waals surface area contributed by atoms with Crippen molar-refractivity contribution in [2.24, 2.45) is 0 Å². The number of nitrogens with one attached hydrogen (secondary N) is 1. The van der Waals surface area contributed by atoms with Gasteiger partial charge in [-0.15, -0.1) is 0 Å². The minimum absolute atomic E-state index is 0.178. The molecule has 0 aliphatic carbocycles. The molecule has 1 aliphatic heterocycles. The lowest BCUT2D eigenvalue weighted by molar-refractivity contribution is 0.122. The molecule has 158 valence electrons. The monoisotopic (exact) mass is 530 g/mol. The molecule has 5 rings (SSSR count). The lowest BCUT2D eigenvalue weighted by Crippen LogP contribution is -2.36. The number of fused-ring (bicyclic) bond motifs is 1. The van der Waals surface area contributed by atoms with Gasteiger partial charge in [-0.1, -0.05) is 12.1 Å². The van der Waals surface area contributed by atoms with Crippen molar-refractivity contribution in [3.63, 3.8) is 0 Å². The second-order valence-electron chi connectivity index (χ2n) is 7.49. The summed E-state index contributed by atoms with van der Waals surface area (Å²) in [6.07, 6.45) is 5.45. The summed E-state index contributed by atoms with van der Waals surface area (Å²) in [5.41, 5.74) is 3.85. The molecule has 1 saturated heterocycles. The molecule has 0 unspecified atom stereocenters. The molecule has 1 fully saturated rings. The fourth-order valence-corrected chi connectivity index (χ4v) is 4.44. The molecule has 4 heterocycles. The third-order valence-corrected chi connectivity index (χ3v) is 6.41. The molecule has 1 aliphatic rings. The number of ether oxygens (including phenoxy) is 1. The fourth-order valence-electron chi connectivity index (χ4n) is 3.89. The van der Waals surface area contributed by atoms with Gasteiger partial charge in [-0.2, -0.15) is 0 Å². The third-order valence-electron chi connectivity index (χ3n) is 5.57. The Morgan fingerprint density at radius 1 is 1.19 bits per heavy atom. The maximum Gasteiger partial charge on any atom is 0.251 e. The Labute approximate surface area is 191 Å². The Kier molecular flexibility index (Phi) is 5.49. The van der Waals surface area contributed by atoms with Crippen LogP contribution in [0.5, 0.6) is 0 Å². The molecule has 4 aromatic rings. The van der Waals surface area contributed by atoms with Gasteiger partial charge in [-0.3, -0.25) is 4.79 Å². The van der Waals surface area contributed by atoms with Gasteiger partial charge >= 0.3 is 0 Å². The molecule has 0 spiro atoms. The number of aromatic amines is 1. The van der Waals surface area contributed by atoms with Crippen LogP contribution in [0, 0.1) is 9.39 Å². The van der Waals surface area contributed by atoms with Gasteiger partial charge in [-0.05, 0) is 46.4 Å². The smallest absolute Gasteiger partial charge is 0.251 e. The SMILES string of the molecule is O=c1cc(-c2c[nH]c3ncc(N4CCOCC4)cc23)ccn1Cc1cccc(I)c1F. The highest BCUT2D eigenvalue weighted by Gasteiger charge is 2.15. The quantitative estimate of drug-likeness (QED) is 0.405. The zero-order valence-corrected chi connectivity index (χ0v) is 18.8. The molecule has 6 nitrogen and oxygen atoms in total. The second-order valence-corrected chi connectivity index (χ2v) is 8.65. The number of hydrogen-bond acceptors (Lipinski definition) is 4. The predicted octanol–water partition coefficient (Wildman–Crippen LogP) is 4.02. The van der Waals surface area contributed by atoms with Gasteiger partial charge < -0.3 is 19.2 Å². The molecule has 1 N–H and O–H groups in total. The van der Waals surface area contributed by atoms with Crippen LogP contribution >= 0.6 is 22.6 Å². The standard InChI is InChI=1S/C23H20FIN4O2/c24-22-16(2-1-3-20(22)25)14-29-5-4-15(10-21(29)30)19-13-27-23-18(19)11-17(12-26-23)28-6-8-31-9-7-28/h1-5,10-13H,6-9,14H2,(H,26,27). The van der Waals surface area contributed by atoms with Crippen molar-refractivity contribution < 1.29 is 9.13 Å². The van der Waals surface area contributed by atoms with Gasteiger partial charge in [0.2, 0.25) is 0 Å². The Morgan fingerprint density at radius 3 is 2.84 bits per heavy atom. The Balaban J connectivity index is 1.48. The highest BCUT2D eigenvalue weighted by Crippen LogP contribution is 2.30. The number of benzene rings is 1. The van der Waals surface area contributed by atoms with E-state index in [0.717, 1.165) is 40.9 Å². The molecule has 8 heteroatoms. The van der Waals surface area contributed by atoms with E-state index in [2.05, 4.69) is 20.9 Å². The van der Waals surface area contributed by atoms with E-state index in [9.17, 15) is 9.18 Å². The van der Waals surface area contributed by atoms with E-state index < -0.39 is 0 Å². The minimum Gasteiger partial charge on any atom is -0.378 e. The number of morpholine rings is 1. The summed E-state index contributed by atoms with van der Waals surface area (Å²) in [7, 11) is 0. The molecule has 31 heavy (non-hydrogen) atoms. The summed E-state index contributed by atoms with van der Waals surface area (Å²) in [5, 5.41) is 0.963. The van der Waals surface area contributed by atoms with Gasteiger partial charge in [0.15, 0.2) is 0 Å². The van der Waals surface area contributed by atoms with E-state index in [1.54, 1.807) is 30.5 Å². The van der Waals surface area contributed by atoms with E-state index in [-0.39, 0.29) is 17.9 Å². The fraction of sp³-hybridized carbons (Fsp3) is 0.217. The number of rotatable bonds is 4. The van der Waals surface area contributed by atoms with Crippen molar-refractivity contribution in [3.8, 4) is 11.1 Å². The first-order chi connectivity index (χ1) is 15.1. The van der Waals surface area contributed by atoms with Crippen LogP contribution in [-0.2, 0) is 11.3 Å². The maximum absolute atomic E-state index is 14.3. The van der Waals surface area contributed by atoms with Gasteiger partial charge in [0, 0.05) is 51.6 Å². The first-order valence-corrected chi connectivity index (χ1v) is 11.1. The van der Waals surface area contributed by atoms with E-state index in [0.29, 0.717) is 22.3 Å². The molecule has 0 amide bonds. The first-order valence-electron chi connectivity index (χ1n) is 10.0. The Bertz CT molecular complexity index is 1310. The largest absolute Gasteiger partial charge is 0.378 e. The Hall–Kier alpha value is -2.72. The van der Waals surface area contributed by atoms with Crippen molar-refractivity contribution in [2.75, 3.05) is 31.2 Å².